The molecule has 1 aliphatic heterocycles. The number of carbonyl (C=O) groups excluding carboxylic acids is 1. The summed E-state index contributed by atoms with van der Waals surface area (Å²) in [7, 11) is -3.00. The fourth-order valence-corrected chi connectivity index (χ4v) is 5.58. The van der Waals surface area contributed by atoms with E-state index in [4.69, 9.17) is 0 Å². The van der Waals surface area contributed by atoms with Crippen molar-refractivity contribution in [3.8, 4) is 0 Å². The Balaban J connectivity index is 1.81. The average Bonchev–Trinajstić information content (AvgIpc) is 3.11. The molecule has 0 aromatic heterocycles. The molecule has 0 unspecified atom stereocenters. The van der Waals surface area contributed by atoms with Gasteiger partial charge in [0.05, 0.1) is 17.2 Å². The van der Waals surface area contributed by atoms with Crippen LogP contribution in [0.2, 0.25) is 0 Å². The lowest BCUT2D eigenvalue weighted by Crippen LogP contribution is -2.40. The Morgan fingerprint density at radius 1 is 1.17 bits per heavy atom. The minimum absolute atomic E-state index is 0.0254. The molecule has 0 N–H and O–H groups in total. The van der Waals surface area contributed by atoms with E-state index in [0.29, 0.717) is 12.1 Å². The molecule has 1 saturated heterocycles. The third-order valence-corrected chi connectivity index (χ3v) is 6.70. The predicted octanol–water partition coefficient (Wildman–Crippen LogP) is 2.93. The highest BCUT2D eigenvalue weighted by molar-refractivity contribution is 7.91. The van der Waals surface area contributed by atoms with Gasteiger partial charge in [-0.25, -0.2) is 12.8 Å². The fraction of sp³-hybridized carbons (Fsp3) is 0.588. The van der Waals surface area contributed by atoms with E-state index < -0.39 is 15.7 Å². The SMILES string of the molecule is O=C(C[C@@H]1CCS(=O)(=O)C1)N(c1ccccc1F)C1CCCC1. The Hall–Kier alpha value is -1.43. The number of amides is 1. The molecule has 2 fully saturated rings. The molecule has 1 amide bonds. The third-order valence-electron chi connectivity index (χ3n) is 4.86. The molecule has 6 heteroatoms. The van der Waals surface area contributed by atoms with Crippen LogP contribution >= 0.6 is 0 Å². The van der Waals surface area contributed by atoms with Crippen molar-refractivity contribution in [3.05, 3.63) is 30.1 Å². The van der Waals surface area contributed by atoms with Crippen LogP contribution in [0.3, 0.4) is 0 Å². The third kappa shape index (κ3) is 3.74. The van der Waals surface area contributed by atoms with Crippen molar-refractivity contribution >= 4 is 21.4 Å². The van der Waals surface area contributed by atoms with Crippen LogP contribution in [0.4, 0.5) is 10.1 Å². The number of anilines is 1. The molecule has 1 aromatic carbocycles. The molecule has 1 aliphatic carbocycles. The van der Waals surface area contributed by atoms with Gasteiger partial charge in [0.15, 0.2) is 9.84 Å². The predicted molar refractivity (Wildman–Crippen MR) is 87.5 cm³/mol. The van der Waals surface area contributed by atoms with E-state index in [-0.39, 0.29) is 35.8 Å². The Kier molecular flexibility index (Phi) is 4.71. The largest absolute Gasteiger partial charge is 0.307 e. The summed E-state index contributed by atoms with van der Waals surface area (Å²) in [5.74, 6) is -0.443. The number of para-hydroxylation sites is 1. The van der Waals surface area contributed by atoms with Crippen molar-refractivity contribution in [1.82, 2.24) is 0 Å². The highest BCUT2D eigenvalue weighted by Crippen LogP contribution is 2.32. The maximum absolute atomic E-state index is 14.2. The van der Waals surface area contributed by atoms with Crippen LogP contribution in [-0.4, -0.2) is 31.9 Å². The normalized spacial score (nSPS) is 24.0. The first-order chi connectivity index (χ1) is 11.0. The Morgan fingerprint density at radius 3 is 2.48 bits per heavy atom. The molecule has 23 heavy (non-hydrogen) atoms. The minimum Gasteiger partial charge on any atom is -0.307 e. The van der Waals surface area contributed by atoms with E-state index in [1.165, 1.54) is 6.07 Å². The lowest BCUT2D eigenvalue weighted by Gasteiger charge is -2.30. The molecule has 1 aromatic rings. The second kappa shape index (κ2) is 6.59. The summed E-state index contributed by atoms with van der Waals surface area (Å²) in [6.45, 7) is 0. The molecule has 126 valence electrons. The van der Waals surface area contributed by atoms with E-state index in [2.05, 4.69) is 0 Å². The monoisotopic (exact) mass is 339 g/mol. The first kappa shape index (κ1) is 16.4. The maximum Gasteiger partial charge on any atom is 0.227 e. The number of rotatable bonds is 4. The second-order valence-corrected chi connectivity index (χ2v) is 8.86. The zero-order chi connectivity index (χ0) is 16.4. The number of carbonyl (C=O) groups is 1. The number of benzene rings is 1. The zero-order valence-electron chi connectivity index (χ0n) is 13.1. The summed E-state index contributed by atoms with van der Waals surface area (Å²) in [6.07, 6.45) is 4.56. The Morgan fingerprint density at radius 2 is 1.87 bits per heavy atom. The quantitative estimate of drug-likeness (QED) is 0.847. The Labute approximate surface area is 136 Å². The lowest BCUT2D eigenvalue weighted by atomic mass is 10.0. The molecule has 3 rings (SSSR count). The van der Waals surface area contributed by atoms with Crippen LogP contribution in [0.15, 0.2) is 24.3 Å². The highest BCUT2D eigenvalue weighted by Gasteiger charge is 2.34. The van der Waals surface area contributed by atoms with Crippen LogP contribution in [0.25, 0.3) is 0 Å². The minimum atomic E-state index is -3.00. The highest BCUT2D eigenvalue weighted by atomic mass is 32.2. The molecule has 1 saturated carbocycles. The van der Waals surface area contributed by atoms with Crippen LogP contribution in [0.1, 0.15) is 38.5 Å². The molecule has 0 radical (unpaired) electrons. The first-order valence-electron chi connectivity index (χ1n) is 8.23. The van der Waals surface area contributed by atoms with Crippen molar-refractivity contribution in [2.75, 3.05) is 16.4 Å². The number of halogens is 1. The van der Waals surface area contributed by atoms with Crippen molar-refractivity contribution in [1.29, 1.82) is 0 Å². The van der Waals surface area contributed by atoms with Crippen LogP contribution in [0, 0.1) is 11.7 Å². The summed E-state index contributed by atoms with van der Waals surface area (Å²) in [6, 6.07) is 6.37. The van der Waals surface area contributed by atoms with Gasteiger partial charge in [-0.3, -0.25) is 4.79 Å². The summed E-state index contributed by atoms with van der Waals surface area (Å²) < 4.78 is 37.4. The van der Waals surface area contributed by atoms with Gasteiger partial charge in [-0.15, -0.1) is 0 Å². The van der Waals surface area contributed by atoms with Crippen molar-refractivity contribution in [2.45, 2.75) is 44.6 Å². The van der Waals surface area contributed by atoms with E-state index in [0.717, 1.165) is 25.7 Å². The molecule has 0 bridgehead atoms. The van der Waals surface area contributed by atoms with E-state index >= 15 is 0 Å². The molecule has 2 aliphatic rings. The maximum atomic E-state index is 14.2. The smallest absolute Gasteiger partial charge is 0.227 e. The van der Waals surface area contributed by atoms with Gasteiger partial charge in [0.2, 0.25) is 5.91 Å². The zero-order valence-corrected chi connectivity index (χ0v) is 13.9. The van der Waals surface area contributed by atoms with Crippen molar-refractivity contribution in [3.63, 3.8) is 0 Å². The van der Waals surface area contributed by atoms with Crippen LogP contribution in [-0.2, 0) is 14.6 Å². The Bertz CT molecular complexity index is 683. The molecular formula is C17H22FNO3S. The molecule has 1 atom stereocenters. The van der Waals surface area contributed by atoms with Crippen LogP contribution < -0.4 is 4.90 Å². The number of sulfone groups is 1. The molecular weight excluding hydrogens is 317 g/mol. The van der Waals surface area contributed by atoms with Gasteiger partial charge in [-0.2, -0.15) is 0 Å². The summed E-state index contributed by atoms with van der Waals surface area (Å²) >= 11 is 0. The number of hydrogen-bond acceptors (Lipinski definition) is 3. The summed E-state index contributed by atoms with van der Waals surface area (Å²) in [5, 5.41) is 0. The molecule has 4 nitrogen and oxygen atoms in total. The van der Waals surface area contributed by atoms with E-state index in [1.807, 2.05) is 0 Å². The number of nitrogens with zero attached hydrogens (tertiary/aromatic N) is 1. The standard InChI is InChI=1S/C17H22FNO3S/c18-15-7-3-4-8-16(15)19(14-5-1-2-6-14)17(20)11-13-9-10-23(21,22)12-13/h3-4,7-8,13-14H,1-2,5-6,9-12H2/t13-/m0/s1. The number of hydrogen-bond donors (Lipinski definition) is 0. The van der Waals surface area contributed by atoms with Gasteiger partial charge >= 0.3 is 0 Å². The van der Waals surface area contributed by atoms with Crippen molar-refractivity contribution in [2.24, 2.45) is 5.92 Å². The molecule has 0 spiro atoms. The van der Waals surface area contributed by atoms with Crippen LogP contribution in [0.5, 0.6) is 0 Å². The first-order valence-corrected chi connectivity index (χ1v) is 10.1. The second-order valence-electron chi connectivity index (χ2n) is 6.63. The topological polar surface area (TPSA) is 54.5 Å². The van der Waals surface area contributed by atoms with Gasteiger partial charge < -0.3 is 4.90 Å². The lowest BCUT2D eigenvalue weighted by molar-refractivity contribution is -0.119. The van der Waals surface area contributed by atoms with E-state index in [1.54, 1.807) is 23.1 Å². The summed E-state index contributed by atoms with van der Waals surface area (Å²) in [5.41, 5.74) is 0.324. The van der Waals surface area contributed by atoms with Gasteiger partial charge in [0.25, 0.3) is 0 Å². The van der Waals surface area contributed by atoms with Gasteiger partial charge in [0, 0.05) is 12.5 Å². The molecule has 1 heterocycles. The van der Waals surface area contributed by atoms with Crippen molar-refractivity contribution < 1.29 is 17.6 Å². The fourth-order valence-electron chi connectivity index (χ4n) is 3.72. The van der Waals surface area contributed by atoms with Gasteiger partial charge in [-0.1, -0.05) is 25.0 Å². The van der Waals surface area contributed by atoms with Gasteiger partial charge in [-0.05, 0) is 37.3 Å². The van der Waals surface area contributed by atoms with E-state index in [9.17, 15) is 17.6 Å². The van der Waals surface area contributed by atoms with Gasteiger partial charge in [0.1, 0.15) is 5.82 Å². The summed E-state index contributed by atoms with van der Waals surface area (Å²) in [4.78, 5) is 14.4. The average molecular weight is 339 g/mol.